The monoisotopic (exact) mass is 249 g/mol. The number of hydrogen-bond donors (Lipinski definition) is 2. The molecule has 0 radical (unpaired) electrons. The van der Waals surface area contributed by atoms with Crippen molar-refractivity contribution in [2.45, 2.75) is 20.3 Å². The van der Waals surface area contributed by atoms with E-state index in [1.54, 1.807) is 6.92 Å². The molecule has 3 N–H and O–H groups in total. The van der Waals surface area contributed by atoms with Gasteiger partial charge in [-0.15, -0.1) is 0 Å². The maximum Gasteiger partial charge on any atom is 0.211 e. The molecule has 1 rings (SSSR count). The van der Waals surface area contributed by atoms with Crippen molar-refractivity contribution in [1.82, 2.24) is 9.62 Å². The zero-order chi connectivity index (χ0) is 12.2. The van der Waals surface area contributed by atoms with Crippen LogP contribution in [0.15, 0.2) is 0 Å². The standard InChI is InChI=1S/C10H23N3O2S/c1-3-16(14,15)12-5-7-13-6-4-10(2,8-11)9-13/h12H,3-9,11H2,1-2H3. The van der Waals surface area contributed by atoms with E-state index in [0.29, 0.717) is 13.1 Å². The SMILES string of the molecule is CCS(=O)(=O)NCCN1CCC(C)(CN)C1. The van der Waals surface area contributed by atoms with Crippen molar-refractivity contribution < 1.29 is 8.42 Å². The Bertz CT molecular complexity index is 318. The highest BCUT2D eigenvalue weighted by Gasteiger charge is 2.31. The van der Waals surface area contributed by atoms with Crippen molar-refractivity contribution in [1.29, 1.82) is 0 Å². The molecule has 5 nitrogen and oxygen atoms in total. The molecule has 96 valence electrons. The minimum absolute atomic E-state index is 0.146. The van der Waals surface area contributed by atoms with Crippen LogP contribution in [0.25, 0.3) is 0 Å². The van der Waals surface area contributed by atoms with Crippen LogP contribution in [0.3, 0.4) is 0 Å². The molecule has 1 fully saturated rings. The highest BCUT2D eigenvalue weighted by atomic mass is 32.2. The maximum atomic E-state index is 11.2. The number of nitrogens with one attached hydrogen (secondary N) is 1. The Morgan fingerprint density at radius 2 is 2.19 bits per heavy atom. The molecule has 6 heteroatoms. The summed E-state index contributed by atoms with van der Waals surface area (Å²) in [7, 11) is -3.05. The van der Waals surface area contributed by atoms with Gasteiger partial charge in [0.1, 0.15) is 0 Å². The van der Waals surface area contributed by atoms with Crippen LogP contribution in [0.4, 0.5) is 0 Å². The second-order valence-corrected chi connectivity index (χ2v) is 6.93. The van der Waals surface area contributed by atoms with Gasteiger partial charge in [-0.2, -0.15) is 0 Å². The first-order chi connectivity index (χ1) is 7.41. The molecule has 1 atom stereocenters. The Morgan fingerprint density at radius 3 is 2.69 bits per heavy atom. The molecular weight excluding hydrogens is 226 g/mol. The van der Waals surface area contributed by atoms with Gasteiger partial charge >= 0.3 is 0 Å². The van der Waals surface area contributed by atoms with E-state index in [1.165, 1.54) is 0 Å². The Labute approximate surface area is 98.4 Å². The number of sulfonamides is 1. The molecule has 0 aromatic heterocycles. The Morgan fingerprint density at radius 1 is 1.50 bits per heavy atom. The minimum Gasteiger partial charge on any atom is -0.330 e. The molecule has 1 heterocycles. The highest BCUT2D eigenvalue weighted by Crippen LogP contribution is 2.27. The lowest BCUT2D eigenvalue weighted by Gasteiger charge is -2.22. The van der Waals surface area contributed by atoms with E-state index in [4.69, 9.17) is 5.73 Å². The lowest BCUT2D eigenvalue weighted by atomic mass is 9.90. The van der Waals surface area contributed by atoms with Crippen LogP contribution in [-0.2, 0) is 10.0 Å². The molecule has 0 aromatic carbocycles. The van der Waals surface area contributed by atoms with Gasteiger partial charge in [-0.3, -0.25) is 0 Å². The zero-order valence-corrected chi connectivity index (χ0v) is 11.0. The van der Waals surface area contributed by atoms with E-state index in [2.05, 4.69) is 16.5 Å². The van der Waals surface area contributed by atoms with Crippen molar-refractivity contribution in [3.8, 4) is 0 Å². The van der Waals surface area contributed by atoms with Crippen LogP contribution < -0.4 is 10.5 Å². The van der Waals surface area contributed by atoms with E-state index in [1.807, 2.05) is 0 Å². The fraction of sp³-hybridized carbons (Fsp3) is 1.00. The van der Waals surface area contributed by atoms with Gasteiger partial charge in [0.15, 0.2) is 0 Å². The van der Waals surface area contributed by atoms with Gasteiger partial charge in [0.25, 0.3) is 0 Å². The van der Waals surface area contributed by atoms with Crippen LogP contribution >= 0.6 is 0 Å². The topological polar surface area (TPSA) is 75.4 Å². The molecule has 0 spiro atoms. The fourth-order valence-electron chi connectivity index (χ4n) is 1.94. The second kappa shape index (κ2) is 5.44. The van der Waals surface area contributed by atoms with Gasteiger partial charge in [0, 0.05) is 19.6 Å². The van der Waals surface area contributed by atoms with Gasteiger partial charge in [-0.1, -0.05) is 6.92 Å². The Hall–Kier alpha value is -0.170. The third-order valence-corrected chi connectivity index (χ3v) is 4.66. The minimum atomic E-state index is -3.05. The summed E-state index contributed by atoms with van der Waals surface area (Å²) in [6.07, 6.45) is 1.10. The number of rotatable bonds is 6. The predicted molar refractivity (Wildman–Crippen MR) is 65.7 cm³/mol. The molecule has 1 saturated heterocycles. The largest absolute Gasteiger partial charge is 0.330 e. The molecule has 0 bridgehead atoms. The number of nitrogens with two attached hydrogens (primary N) is 1. The molecule has 1 aliphatic rings. The molecular formula is C10H23N3O2S. The lowest BCUT2D eigenvalue weighted by molar-refractivity contribution is 0.284. The smallest absolute Gasteiger partial charge is 0.211 e. The zero-order valence-electron chi connectivity index (χ0n) is 10.2. The first kappa shape index (κ1) is 13.9. The van der Waals surface area contributed by atoms with Crippen LogP contribution in [0, 0.1) is 5.41 Å². The summed E-state index contributed by atoms with van der Waals surface area (Å²) in [5.41, 5.74) is 5.92. The number of hydrogen-bond acceptors (Lipinski definition) is 4. The summed E-state index contributed by atoms with van der Waals surface area (Å²) in [6.45, 7) is 7.78. The van der Waals surface area contributed by atoms with Gasteiger partial charge in [0.2, 0.25) is 10.0 Å². The van der Waals surface area contributed by atoms with Crippen LogP contribution in [-0.4, -0.2) is 51.8 Å². The third-order valence-electron chi connectivity index (χ3n) is 3.26. The van der Waals surface area contributed by atoms with Crippen molar-refractivity contribution in [2.75, 3.05) is 38.5 Å². The first-order valence-corrected chi connectivity index (χ1v) is 7.46. The molecule has 0 aliphatic carbocycles. The molecule has 0 amide bonds. The van der Waals surface area contributed by atoms with Gasteiger partial charge in [0.05, 0.1) is 5.75 Å². The highest BCUT2D eigenvalue weighted by molar-refractivity contribution is 7.89. The Kier molecular flexibility index (Phi) is 4.73. The fourth-order valence-corrected chi connectivity index (χ4v) is 2.55. The summed E-state index contributed by atoms with van der Waals surface area (Å²) in [5.74, 6) is 0.146. The summed E-state index contributed by atoms with van der Waals surface area (Å²) in [4.78, 5) is 2.27. The molecule has 1 unspecified atom stereocenters. The number of nitrogens with zero attached hydrogens (tertiary/aromatic N) is 1. The van der Waals surface area contributed by atoms with Gasteiger partial charge < -0.3 is 10.6 Å². The molecule has 0 aromatic rings. The van der Waals surface area contributed by atoms with Crippen LogP contribution in [0.1, 0.15) is 20.3 Å². The molecule has 16 heavy (non-hydrogen) atoms. The maximum absolute atomic E-state index is 11.2. The second-order valence-electron chi connectivity index (χ2n) is 4.84. The van der Waals surface area contributed by atoms with Gasteiger partial charge in [-0.25, -0.2) is 13.1 Å². The molecule has 0 saturated carbocycles. The van der Waals surface area contributed by atoms with Crippen molar-refractivity contribution in [3.63, 3.8) is 0 Å². The van der Waals surface area contributed by atoms with E-state index >= 15 is 0 Å². The molecule has 1 aliphatic heterocycles. The summed E-state index contributed by atoms with van der Waals surface area (Å²) < 4.78 is 25.0. The van der Waals surface area contributed by atoms with Crippen molar-refractivity contribution in [2.24, 2.45) is 11.1 Å². The number of likely N-dealkylation sites (tertiary alicyclic amines) is 1. The average molecular weight is 249 g/mol. The van der Waals surface area contributed by atoms with E-state index < -0.39 is 10.0 Å². The van der Waals surface area contributed by atoms with Crippen molar-refractivity contribution >= 4 is 10.0 Å². The summed E-state index contributed by atoms with van der Waals surface area (Å²) in [6, 6.07) is 0. The predicted octanol–water partition coefficient (Wildman–Crippen LogP) is -0.404. The quantitative estimate of drug-likeness (QED) is 0.671. The Balaban J connectivity index is 2.26. The average Bonchev–Trinajstić information content (AvgIpc) is 2.61. The summed E-state index contributed by atoms with van der Waals surface area (Å²) in [5, 5.41) is 0. The lowest BCUT2D eigenvalue weighted by Crippen LogP contribution is -2.36. The van der Waals surface area contributed by atoms with Crippen LogP contribution in [0.2, 0.25) is 0 Å². The van der Waals surface area contributed by atoms with Crippen molar-refractivity contribution in [3.05, 3.63) is 0 Å². The first-order valence-electron chi connectivity index (χ1n) is 5.80. The van der Waals surface area contributed by atoms with Gasteiger partial charge in [-0.05, 0) is 31.8 Å². The van der Waals surface area contributed by atoms with E-state index in [-0.39, 0.29) is 11.2 Å². The van der Waals surface area contributed by atoms with E-state index in [9.17, 15) is 8.42 Å². The van der Waals surface area contributed by atoms with E-state index in [0.717, 1.165) is 26.1 Å². The normalized spacial score (nSPS) is 27.4. The van der Waals surface area contributed by atoms with Crippen LogP contribution in [0.5, 0.6) is 0 Å². The third kappa shape index (κ3) is 4.01. The summed E-state index contributed by atoms with van der Waals surface area (Å²) >= 11 is 0.